The molecule has 0 unspecified atom stereocenters. The Bertz CT molecular complexity index is 836. The van der Waals surface area contributed by atoms with Crippen molar-refractivity contribution in [2.24, 2.45) is 0 Å². The highest BCUT2D eigenvalue weighted by Crippen LogP contribution is 2.31. The number of nitrogens with zero attached hydrogens (tertiary/aromatic N) is 2. The number of carbonyl (C=O) groups is 1. The standard InChI is InChI=1S/C24H30N2O4/c1-28-23(20-7-3-2-4-8-20)24(27)26(14-13-25-11-5-6-12-25)18-19-9-10-21-22(17-19)30-16-15-29-21/h2-4,7-10,17,23H,5-6,11-16,18H2,1H3/t23-/m1/s1. The van der Waals surface area contributed by atoms with E-state index in [0.717, 1.165) is 42.3 Å². The summed E-state index contributed by atoms with van der Waals surface area (Å²) in [4.78, 5) is 17.8. The van der Waals surface area contributed by atoms with Gasteiger partial charge in [0.15, 0.2) is 17.6 Å². The van der Waals surface area contributed by atoms with E-state index in [1.807, 2.05) is 53.4 Å². The molecule has 1 saturated heterocycles. The predicted molar refractivity (Wildman–Crippen MR) is 115 cm³/mol. The van der Waals surface area contributed by atoms with Gasteiger partial charge in [0.1, 0.15) is 13.2 Å². The molecule has 2 aliphatic rings. The molecule has 0 radical (unpaired) electrons. The monoisotopic (exact) mass is 410 g/mol. The van der Waals surface area contributed by atoms with Crippen LogP contribution in [0, 0.1) is 0 Å². The zero-order valence-corrected chi connectivity index (χ0v) is 17.6. The SMILES string of the molecule is CO[C@@H](C(=O)N(CCN1CCCC1)Cc1ccc2c(c1)OCCO2)c1ccccc1. The number of hydrogen-bond acceptors (Lipinski definition) is 5. The fourth-order valence-electron chi connectivity index (χ4n) is 4.12. The fourth-order valence-corrected chi connectivity index (χ4v) is 4.12. The van der Waals surface area contributed by atoms with Gasteiger partial charge < -0.3 is 24.0 Å². The molecule has 0 saturated carbocycles. The summed E-state index contributed by atoms with van der Waals surface area (Å²) in [6, 6.07) is 15.6. The van der Waals surface area contributed by atoms with Gasteiger partial charge in [-0.25, -0.2) is 0 Å². The molecule has 160 valence electrons. The molecule has 0 N–H and O–H groups in total. The Kier molecular flexibility index (Phi) is 6.87. The lowest BCUT2D eigenvalue weighted by Crippen LogP contribution is -2.40. The van der Waals surface area contributed by atoms with Crippen LogP contribution in [0.5, 0.6) is 11.5 Å². The van der Waals surface area contributed by atoms with Gasteiger partial charge in [-0.1, -0.05) is 36.4 Å². The summed E-state index contributed by atoms with van der Waals surface area (Å²) in [5, 5.41) is 0. The zero-order chi connectivity index (χ0) is 20.8. The van der Waals surface area contributed by atoms with Crippen LogP contribution in [0.15, 0.2) is 48.5 Å². The molecule has 1 fully saturated rings. The molecule has 0 bridgehead atoms. The number of rotatable bonds is 8. The van der Waals surface area contributed by atoms with Crippen molar-refractivity contribution in [1.82, 2.24) is 9.80 Å². The molecule has 6 heteroatoms. The lowest BCUT2D eigenvalue weighted by molar-refractivity contribution is -0.143. The minimum absolute atomic E-state index is 0.0159. The third kappa shape index (κ3) is 4.94. The van der Waals surface area contributed by atoms with Gasteiger partial charge in [-0.15, -0.1) is 0 Å². The number of ether oxygens (including phenoxy) is 3. The van der Waals surface area contributed by atoms with Crippen LogP contribution >= 0.6 is 0 Å². The lowest BCUT2D eigenvalue weighted by atomic mass is 10.1. The Morgan fingerprint density at radius 1 is 1.07 bits per heavy atom. The highest BCUT2D eigenvalue weighted by molar-refractivity contribution is 5.82. The maximum atomic E-state index is 13.5. The molecule has 30 heavy (non-hydrogen) atoms. The summed E-state index contributed by atoms with van der Waals surface area (Å²) >= 11 is 0. The maximum absolute atomic E-state index is 13.5. The quantitative estimate of drug-likeness (QED) is 0.669. The smallest absolute Gasteiger partial charge is 0.256 e. The topological polar surface area (TPSA) is 51.2 Å². The maximum Gasteiger partial charge on any atom is 0.256 e. The van der Waals surface area contributed by atoms with Gasteiger partial charge in [0, 0.05) is 26.7 Å². The molecule has 0 aromatic heterocycles. The average Bonchev–Trinajstić information content (AvgIpc) is 3.31. The van der Waals surface area contributed by atoms with Crippen molar-refractivity contribution in [3.63, 3.8) is 0 Å². The summed E-state index contributed by atoms with van der Waals surface area (Å²) in [6.07, 6.45) is 1.86. The number of hydrogen-bond donors (Lipinski definition) is 0. The van der Waals surface area contributed by atoms with Gasteiger partial charge in [-0.05, 0) is 49.2 Å². The van der Waals surface area contributed by atoms with E-state index in [-0.39, 0.29) is 5.91 Å². The molecule has 2 aromatic carbocycles. The number of carbonyl (C=O) groups excluding carboxylic acids is 1. The van der Waals surface area contributed by atoms with E-state index in [1.54, 1.807) is 7.11 Å². The molecule has 2 aromatic rings. The first-order valence-electron chi connectivity index (χ1n) is 10.7. The van der Waals surface area contributed by atoms with E-state index in [1.165, 1.54) is 12.8 Å². The van der Waals surface area contributed by atoms with Crippen LogP contribution in [0.25, 0.3) is 0 Å². The summed E-state index contributed by atoms with van der Waals surface area (Å²) < 4.78 is 17.0. The number of amides is 1. The Morgan fingerprint density at radius 3 is 2.53 bits per heavy atom. The largest absolute Gasteiger partial charge is 0.486 e. The minimum Gasteiger partial charge on any atom is -0.486 e. The van der Waals surface area contributed by atoms with Crippen molar-refractivity contribution >= 4 is 5.91 Å². The van der Waals surface area contributed by atoms with Crippen molar-refractivity contribution in [3.8, 4) is 11.5 Å². The van der Waals surface area contributed by atoms with Crippen molar-refractivity contribution in [2.45, 2.75) is 25.5 Å². The molecular weight excluding hydrogens is 380 g/mol. The van der Waals surface area contributed by atoms with E-state index in [4.69, 9.17) is 14.2 Å². The zero-order valence-electron chi connectivity index (χ0n) is 17.6. The van der Waals surface area contributed by atoms with Crippen LogP contribution < -0.4 is 9.47 Å². The average molecular weight is 411 g/mol. The van der Waals surface area contributed by atoms with Crippen molar-refractivity contribution in [1.29, 1.82) is 0 Å². The highest BCUT2D eigenvalue weighted by Gasteiger charge is 2.27. The second-order valence-electron chi connectivity index (χ2n) is 7.81. The number of methoxy groups -OCH3 is 1. The molecule has 0 aliphatic carbocycles. The van der Waals surface area contributed by atoms with Crippen LogP contribution in [0.2, 0.25) is 0 Å². The van der Waals surface area contributed by atoms with Gasteiger partial charge in [0.25, 0.3) is 5.91 Å². The molecule has 0 spiro atoms. The van der Waals surface area contributed by atoms with Crippen LogP contribution in [0.3, 0.4) is 0 Å². The normalized spacial score (nSPS) is 17.0. The molecule has 4 rings (SSSR count). The molecule has 6 nitrogen and oxygen atoms in total. The summed E-state index contributed by atoms with van der Waals surface area (Å²) in [5.74, 6) is 1.49. The van der Waals surface area contributed by atoms with Gasteiger partial charge >= 0.3 is 0 Å². The van der Waals surface area contributed by atoms with Crippen LogP contribution in [-0.4, -0.2) is 62.2 Å². The summed E-state index contributed by atoms with van der Waals surface area (Å²) in [7, 11) is 1.60. The Balaban J connectivity index is 1.52. The van der Waals surface area contributed by atoms with Crippen molar-refractivity contribution < 1.29 is 19.0 Å². The highest BCUT2D eigenvalue weighted by atomic mass is 16.6. The fraction of sp³-hybridized carbons (Fsp3) is 0.458. The van der Waals surface area contributed by atoms with E-state index >= 15 is 0 Å². The third-order valence-corrected chi connectivity index (χ3v) is 5.74. The lowest BCUT2D eigenvalue weighted by Gasteiger charge is -2.29. The first-order chi connectivity index (χ1) is 14.7. The third-order valence-electron chi connectivity index (χ3n) is 5.74. The van der Waals surface area contributed by atoms with E-state index in [9.17, 15) is 4.79 Å². The Hall–Kier alpha value is -2.57. The molecular formula is C24H30N2O4. The van der Waals surface area contributed by atoms with Gasteiger partial charge in [-0.2, -0.15) is 0 Å². The Labute approximate surface area is 178 Å². The van der Waals surface area contributed by atoms with Gasteiger partial charge in [0.05, 0.1) is 0 Å². The number of benzene rings is 2. The van der Waals surface area contributed by atoms with Crippen LogP contribution in [0.4, 0.5) is 0 Å². The molecule has 2 aliphatic heterocycles. The van der Waals surface area contributed by atoms with Gasteiger partial charge in [-0.3, -0.25) is 4.79 Å². The van der Waals surface area contributed by atoms with Crippen LogP contribution in [0.1, 0.15) is 30.1 Å². The van der Waals surface area contributed by atoms with Crippen LogP contribution in [-0.2, 0) is 16.1 Å². The molecule has 1 atom stereocenters. The van der Waals surface area contributed by atoms with Crippen molar-refractivity contribution in [3.05, 3.63) is 59.7 Å². The van der Waals surface area contributed by atoms with E-state index in [0.29, 0.717) is 26.3 Å². The summed E-state index contributed by atoms with van der Waals surface area (Å²) in [6.45, 7) is 5.39. The minimum atomic E-state index is -0.609. The first kappa shape index (κ1) is 20.7. The second kappa shape index (κ2) is 9.96. The number of fused-ring (bicyclic) bond motifs is 1. The Morgan fingerprint density at radius 2 is 1.80 bits per heavy atom. The first-order valence-corrected chi connectivity index (χ1v) is 10.7. The van der Waals surface area contributed by atoms with E-state index < -0.39 is 6.10 Å². The summed E-state index contributed by atoms with van der Waals surface area (Å²) in [5.41, 5.74) is 1.90. The molecule has 1 amide bonds. The van der Waals surface area contributed by atoms with Gasteiger partial charge in [0.2, 0.25) is 0 Å². The second-order valence-corrected chi connectivity index (χ2v) is 7.81. The van der Waals surface area contributed by atoms with E-state index in [2.05, 4.69) is 4.90 Å². The molecule has 2 heterocycles. The number of likely N-dealkylation sites (tertiary alicyclic amines) is 1. The predicted octanol–water partition coefficient (Wildman–Crippen LogP) is 3.27. The van der Waals surface area contributed by atoms with Crippen molar-refractivity contribution in [2.75, 3.05) is 46.5 Å².